The summed E-state index contributed by atoms with van der Waals surface area (Å²) >= 11 is 0. The fourth-order valence-electron chi connectivity index (χ4n) is 4.24. The fraction of sp³-hybridized carbons (Fsp3) is 0.591. The number of benzene rings is 1. The molecule has 0 radical (unpaired) electrons. The van der Waals surface area contributed by atoms with Crippen molar-refractivity contribution < 1.29 is 17.7 Å². The van der Waals surface area contributed by atoms with Crippen molar-refractivity contribution in [3.63, 3.8) is 0 Å². The number of nitrogens with zero attached hydrogens (tertiary/aromatic N) is 3. The number of aromatic nitrogens is 2. The molecule has 1 atom stereocenters. The van der Waals surface area contributed by atoms with Gasteiger partial charge in [-0.25, -0.2) is 8.42 Å². The molecule has 1 saturated heterocycles. The highest BCUT2D eigenvalue weighted by Crippen LogP contribution is 2.41. The fourth-order valence-corrected chi connectivity index (χ4v) is 5.82. The second kappa shape index (κ2) is 7.70. The van der Waals surface area contributed by atoms with Crippen LogP contribution in [0.2, 0.25) is 0 Å². The van der Waals surface area contributed by atoms with Crippen molar-refractivity contribution in [1.82, 2.24) is 14.4 Å². The maximum absolute atomic E-state index is 13.4. The summed E-state index contributed by atoms with van der Waals surface area (Å²) in [6.07, 6.45) is 2.21. The first kappa shape index (κ1) is 22.0. The standard InChI is InChI=1S/C22H30N4O4S/c1-6-13(2)19-24-20(30-25-19)15-7-9-26(10-8-15)31(28,29)16-11-14(3)18-17(12-16)22(4,5)21(27)23-18/h11-13,15H,6-10H2,1-5H3,(H,23,27). The molecule has 1 unspecified atom stereocenters. The van der Waals surface area contributed by atoms with Crippen LogP contribution in [0.15, 0.2) is 21.6 Å². The molecule has 0 aliphatic carbocycles. The van der Waals surface area contributed by atoms with Gasteiger partial charge in [-0.2, -0.15) is 9.29 Å². The van der Waals surface area contributed by atoms with Gasteiger partial charge in [0.25, 0.3) is 0 Å². The molecule has 1 aromatic carbocycles. The zero-order valence-corrected chi connectivity index (χ0v) is 19.5. The number of amides is 1. The van der Waals surface area contributed by atoms with E-state index in [1.807, 2.05) is 20.8 Å². The number of sulfonamides is 1. The van der Waals surface area contributed by atoms with Gasteiger partial charge in [-0.05, 0) is 63.3 Å². The zero-order valence-electron chi connectivity index (χ0n) is 18.7. The van der Waals surface area contributed by atoms with Gasteiger partial charge in [0.2, 0.25) is 21.8 Å². The molecular formula is C22H30N4O4S. The van der Waals surface area contributed by atoms with Crippen LogP contribution < -0.4 is 5.32 Å². The molecule has 0 bridgehead atoms. The molecule has 3 heterocycles. The summed E-state index contributed by atoms with van der Waals surface area (Å²) in [6, 6.07) is 3.30. The third kappa shape index (κ3) is 3.67. The number of fused-ring (bicyclic) bond motifs is 1. The van der Waals surface area contributed by atoms with Crippen molar-refractivity contribution in [2.75, 3.05) is 18.4 Å². The number of nitrogens with one attached hydrogen (secondary N) is 1. The van der Waals surface area contributed by atoms with Gasteiger partial charge < -0.3 is 9.84 Å². The van der Waals surface area contributed by atoms with Gasteiger partial charge in [0, 0.05) is 30.6 Å². The van der Waals surface area contributed by atoms with Crippen LogP contribution in [0.1, 0.15) is 81.6 Å². The van der Waals surface area contributed by atoms with Crippen LogP contribution in [0, 0.1) is 6.92 Å². The van der Waals surface area contributed by atoms with Crippen LogP contribution in [0.25, 0.3) is 0 Å². The van der Waals surface area contributed by atoms with Gasteiger partial charge in [0.1, 0.15) is 0 Å². The summed E-state index contributed by atoms with van der Waals surface area (Å²) in [5.41, 5.74) is 1.45. The number of hydrogen-bond acceptors (Lipinski definition) is 6. The molecule has 1 aromatic heterocycles. The molecule has 31 heavy (non-hydrogen) atoms. The highest BCUT2D eigenvalue weighted by Gasteiger charge is 2.41. The Kier molecular flexibility index (Phi) is 5.46. The van der Waals surface area contributed by atoms with Crippen molar-refractivity contribution in [3.8, 4) is 0 Å². The van der Waals surface area contributed by atoms with Crippen molar-refractivity contribution in [2.45, 2.75) is 76.0 Å². The minimum atomic E-state index is -3.66. The van der Waals surface area contributed by atoms with Crippen LogP contribution >= 0.6 is 0 Å². The molecule has 8 nitrogen and oxygen atoms in total. The second-order valence-corrected chi connectivity index (χ2v) is 11.2. The Bertz CT molecular complexity index is 1110. The van der Waals surface area contributed by atoms with Crippen molar-refractivity contribution in [2.24, 2.45) is 0 Å². The van der Waals surface area contributed by atoms with E-state index in [4.69, 9.17) is 4.52 Å². The monoisotopic (exact) mass is 446 g/mol. The Morgan fingerprint density at radius 3 is 2.61 bits per heavy atom. The van der Waals surface area contributed by atoms with Crippen LogP contribution in [-0.2, 0) is 20.2 Å². The van der Waals surface area contributed by atoms with Crippen LogP contribution in [-0.4, -0.2) is 41.9 Å². The van der Waals surface area contributed by atoms with E-state index < -0.39 is 15.4 Å². The summed E-state index contributed by atoms with van der Waals surface area (Å²) in [6.45, 7) is 10.4. The Morgan fingerprint density at radius 1 is 1.29 bits per heavy atom. The van der Waals surface area contributed by atoms with E-state index in [0.717, 1.165) is 23.2 Å². The first-order valence-electron chi connectivity index (χ1n) is 10.9. The van der Waals surface area contributed by atoms with Gasteiger partial charge in [-0.15, -0.1) is 0 Å². The highest BCUT2D eigenvalue weighted by molar-refractivity contribution is 7.89. The average molecular weight is 447 g/mol. The maximum atomic E-state index is 13.4. The van der Waals surface area contributed by atoms with Crippen molar-refractivity contribution >= 4 is 21.6 Å². The van der Waals surface area contributed by atoms with E-state index in [1.165, 1.54) is 4.31 Å². The normalized spacial score (nSPS) is 20.5. The summed E-state index contributed by atoms with van der Waals surface area (Å²) < 4.78 is 33.7. The van der Waals surface area contributed by atoms with E-state index in [0.29, 0.717) is 37.6 Å². The second-order valence-electron chi connectivity index (χ2n) is 9.22. The lowest BCUT2D eigenvalue weighted by atomic mass is 9.85. The van der Waals surface area contributed by atoms with Gasteiger partial charge in [0.15, 0.2) is 5.82 Å². The summed E-state index contributed by atoms with van der Waals surface area (Å²) in [4.78, 5) is 17.1. The van der Waals surface area contributed by atoms with Crippen molar-refractivity contribution in [1.29, 1.82) is 0 Å². The number of anilines is 1. The third-order valence-electron chi connectivity index (χ3n) is 6.74. The van der Waals surface area contributed by atoms with Gasteiger partial charge in [-0.1, -0.05) is 19.0 Å². The number of carbonyl (C=O) groups excluding carboxylic acids is 1. The quantitative estimate of drug-likeness (QED) is 0.751. The summed E-state index contributed by atoms with van der Waals surface area (Å²) in [5.74, 6) is 1.52. The molecule has 1 fully saturated rings. The first-order chi connectivity index (χ1) is 14.6. The summed E-state index contributed by atoms with van der Waals surface area (Å²) in [5, 5.41) is 6.97. The van der Waals surface area contributed by atoms with Gasteiger partial charge in [-0.3, -0.25) is 4.79 Å². The number of piperidine rings is 1. The number of hydrogen-bond donors (Lipinski definition) is 1. The Morgan fingerprint density at radius 2 is 1.97 bits per heavy atom. The van der Waals surface area contributed by atoms with Crippen LogP contribution in [0.5, 0.6) is 0 Å². The van der Waals surface area contributed by atoms with E-state index in [2.05, 4.69) is 29.3 Å². The number of rotatable bonds is 5. The molecule has 2 aromatic rings. The lowest BCUT2D eigenvalue weighted by molar-refractivity contribution is -0.119. The minimum absolute atomic E-state index is 0.0688. The lowest BCUT2D eigenvalue weighted by Gasteiger charge is -2.30. The molecule has 2 aliphatic heterocycles. The Hall–Kier alpha value is -2.26. The molecule has 2 aliphatic rings. The largest absolute Gasteiger partial charge is 0.339 e. The first-order valence-corrected chi connectivity index (χ1v) is 12.3. The highest BCUT2D eigenvalue weighted by atomic mass is 32.2. The van der Waals surface area contributed by atoms with E-state index in [-0.39, 0.29) is 22.6 Å². The summed E-state index contributed by atoms with van der Waals surface area (Å²) in [7, 11) is -3.66. The SMILES string of the molecule is CCC(C)c1noc(C2CCN(S(=O)(=O)c3cc(C)c4c(c3)C(C)(C)C(=O)N4)CC2)n1. The smallest absolute Gasteiger partial charge is 0.243 e. The molecule has 9 heteroatoms. The van der Waals surface area contributed by atoms with E-state index in [1.54, 1.807) is 12.1 Å². The zero-order chi connectivity index (χ0) is 22.6. The molecular weight excluding hydrogens is 416 g/mol. The third-order valence-corrected chi connectivity index (χ3v) is 8.62. The minimum Gasteiger partial charge on any atom is -0.339 e. The molecule has 1 amide bonds. The lowest BCUT2D eigenvalue weighted by Crippen LogP contribution is -2.38. The molecule has 168 valence electrons. The Labute approximate surface area is 183 Å². The molecule has 0 saturated carbocycles. The molecule has 4 rings (SSSR count). The van der Waals surface area contributed by atoms with Gasteiger partial charge >= 0.3 is 0 Å². The maximum Gasteiger partial charge on any atom is 0.243 e. The molecule has 1 N–H and O–H groups in total. The Balaban J connectivity index is 1.53. The average Bonchev–Trinajstić information content (AvgIpc) is 3.32. The van der Waals surface area contributed by atoms with E-state index in [9.17, 15) is 13.2 Å². The number of carbonyl (C=O) groups is 1. The van der Waals surface area contributed by atoms with Gasteiger partial charge in [0.05, 0.1) is 10.3 Å². The predicted octanol–water partition coefficient (Wildman–Crippen LogP) is 3.69. The van der Waals surface area contributed by atoms with Crippen molar-refractivity contribution in [3.05, 3.63) is 35.0 Å². The predicted molar refractivity (Wildman–Crippen MR) is 117 cm³/mol. The van der Waals surface area contributed by atoms with Crippen LogP contribution in [0.3, 0.4) is 0 Å². The molecule has 0 spiro atoms. The van der Waals surface area contributed by atoms with Crippen LogP contribution in [0.4, 0.5) is 5.69 Å². The topological polar surface area (TPSA) is 105 Å². The number of aryl methyl sites for hydroxylation is 1. The van der Waals surface area contributed by atoms with E-state index >= 15 is 0 Å².